The lowest BCUT2D eigenvalue weighted by Gasteiger charge is -2.24. The van der Waals surface area contributed by atoms with Gasteiger partial charge in [-0.15, -0.1) is 0 Å². The van der Waals surface area contributed by atoms with Crippen LogP contribution in [-0.2, 0) is 0 Å². The van der Waals surface area contributed by atoms with Gasteiger partial charge in [0.25, 0.3) is 5.91 Å². The summed E-state index contributed by atoms with van der Waals surface area (Å²) < 4.78 is 19.0. The number of carbonyl (C=O) groups excluding carboxylic acids is 1. The van der Waals surface area contributed by atoms with Crippen LogP contribution in [0.15, 0.2) is 47.1 Å². The molecule has 3 rings (SSSR count). The van der Waals surface area contributed by atoms with E-state index in [-0.39, 0.29) is 17.8 Å². The molecule has 1 fully saturated rings. The second-order valence-electron chi connectivity index (χ2n) is 4.66. The van der Waals surface area contributed by atoms with Gasteiger partial charge in [0.2, 0.25) is 0 Å². The minimum atomic E-state index is -0.258. The molecule has 1 saturated heterocycles. The maximum absolute atomic E-state index is 13.9. The first-order valence-electron chi connectivity index (χ1n) is 6.36. The van der Waals surface area contributed by atoms with Crippen LogP contribution < -0.4 is 0 Å². The van der Waals surface area contributed by atoms with E-state index in [9.17, 15) is 9.18 Å². The van der Waals surface area contributed by atoms with Crippen LogP contribution in [0.4, 0.5) is 4.39 Å². The summed E-state index contributed by atoms with van der Waals surface area (Å²) in [6.07, 6.45) is 3.14. The predicted molar refractivity (Wildman–Crippen MR) is 68.1 cm³/mol. The Bertz CT molecular complexity index is 580. The summed E-state index contributed by atoms with van der Waals surface area (Å²) in [5, 5.41) is 0. The number of hydrogen-bond donors (Lipinski definition) is 0. The summed E-state index contributed by atoms with van der Waals surface area (Å²) in [7, 11) is 0. The second-order valence-corrected chi connectivity index (χ2v) is 4.66. The molecule has 1 aromatic heterocycles. The van der Waals surface area contributed by atoms with E-state index in [1.165, 1.54) is 12.3 Å². The minimum Gasteiger partial charge on any atom is -0.459 e. The summed E-state index contributed by atoms with van der Waals surface area (Å²) in [6, 6.07) is 9.76. The zero-order valence-electron chi connectivity index (χ0n) is 10.4. The average Bonchev–Trinajstić information content (AvgIpc) is 3.10. The molecule has 1 aliphatic rings. The largest absolute Gasteiger partial charge is 0.459 e. The molecule has 3 nitrogen and oxygen atoms in total. The zero-order chi connectivity index (χ0) is 13.2. The average molecular weight is 259 g/mol. The molecular formula is C15H14FNO2. The molecule has 1 amide bonds. The Morgan fingerprint density at radius 2 is 2.11 bits per heavy atom. The second kappa shape index (κ2) is 4.88. The number of amides is 1. The fourth-order valence-corrected chi connectivity index (χ4v) is 2.62. The Morgan fingerprint density at radius 3 is 2.84 bits per heavy atom. The van der Waals surface area contributed by atoms with Crippen molar-refractivity contribution in [2.75, 3.05) is 6.54 Å². The highest BCUT2D eigenvalue weighted by Gasteiger charge is 2.33. The number of furan rings is 1. The van der Waals surface area contributed by atoms with Crippen molar-refractivity contribution in [3.63, 3.8) is 0 Å². The monoisotopic (exact) mass is 259 g/mol. The molecule has 1 aromatic carbocycles. The molecule has 1 aliphatic heterocycles. The summed E-state index contributed by atoms with van der Waals surface area (Å²) in [5.41, 5.74) is 0.583. The predicted octanol–water partition coefficient (Wildman–Crippen LogP) is 3.40. The first kappa shape index (κ1) is 12.0. The summed E-state index contributed by atoms with van der Waals surface area (Å²) in [4.78, 5) is 14.0. The number of benzene rings is 1. The molecule has 0 saturated carbocycles. The van der Waals surface area contributed by atoms with Crippen LogP contribution in [0.1, 0.15) is 35.0 Å². The van der Waals surface area contributed by atoms with Crippen molar-refractivity contribution in [3.05, 3.63) is 59.8 Å². The van der Waals surface area contributed by atoms with E-state index < -0.39 is 0 Å². The lowest BCUT2D eigenvalue weighted by atomic mass is 10.0. The van der Waals surface area contributed by atoms with Gasteiger partial charge in [0, 0.05) is 12.1 Å². The van der Waals surface area contributed by atoms with E-state index in [0.717, 1.165) is 12.8 Å². The van der Waals surface area contributed by atoms with Crippen LogP contribution in [0.5, 0.6) is 0 Å². The maximum atomic E-state index is 13.9. The van der Waals surface area contributed by atoms with Crippen LogP contribution in [0.2, 0.25) is 0 Å². The number of rotatable bonds is 2. The smallest absolute Gasteiger partial charge is 0.290 e. The van der Waals surface area contributed by atoms with Gasteiger partial charge >= 0.3 is 0 Å². The fourth-order valence-electron chi connectivity index (χ4n) is 2.62. The molecular weight excluding hydrogens is 245 g/mol. The van der Waals surface area contributed by atoms with Crippen molar-refractivity contribution in [1.82, 2.24) is 4.90 Å². The van der Waals surface area contributed by atoms with Gasteiger partial charge in [-0.05, 0) is 31.0 Å². The van der Waals surface area contributed by atoms with E-state index >= 15 is 0 Å². The number of nitrogens with zero attached hydrogens (tertiary/aromatic N) is 1. The summed E-state index contributed by atoms with van der Waals surface area (Å²) in [5.74, 6) is -0.120. The van der Waals surface area contributed by atoms with E-state index in [4.69, 9.17) is 4.42 Å². The number of hydrogen-bond acceptors (Lipinski definition) is 2. The van der Waals surface area contributed by atoms with E-state index in [2.05, 4.69) is 0 Å². The molecule has 2 aromatic rings. The van der Waals surface area contributed by atoms with Crippen LogP contribution >= 0.6 is 0 Å². The molecule has 98 valence electrons. The normalized spacial score (nSPS) is 18.8. The molecule has 0 N–H and O–H groups in total. The quantitative estimate of drug-likeness (QED) is 0.828. The highest BCUT2D eigenvalue weighted by molar-refractivity contribution is 5.91. The topological polar surface area (TPSA) is 33.5 Å². The molecule has 2 heterocycles. The van der Waals surface area contributed by atoms with Crippen LogP contribution in [0.25, 0.3) is 0 Å². The van der Waals surface area contributed by atoms with Gasteiger partial charge in [0.1, 0.15) is 5.82 Å². The molecule has 19 heavy (non-hydrogen) atoms. The zero-order valence-corrected chi connectivity index (χ0v) is 10.4. The summed E-state index contributed by atoms with van der Waals surface area (Å²) in [6.45, 7) is 0.637. The first-order chi connectivity index (χ1) is 9.27. The van der Waals surface area contributed by atoms with Crippen molar-refractivity contribution in [2.24, 2.45) is 0 Å². The molecule has 4 heteroatoms. The van der Waals surface area contributed by atoms with Gasteiger partial charge in [0.15, 0.2) is 5.76 Å². The maximum Gasteiger partial charge on any atom is 0.290 e. The molecule has 0 unspecified atom stereocenters. The van der Waals surface area contributed by atoms with Crippen LogP contribution in [0.3, 0.4) is 0 Å². The molecule has 0 radical (unpaired) electrons. The van der Waals surface area contributed by atoms with E-state index in [1.54, 1.807) is 35.2 Å². The van der Waals surface area contributed by atoms with Gasteiger partial charge in [-0.2, -0.15) is 0 Å². The van der Waals surface area contributed by atoms with E-state index in [1.807, 2.05) is 0 Å². The Hall–Kier alpha value is -2.10. The van der Waals surface area contributed by atoms with Gasteiger partial charge in [-0.3, -0.25) is 4.79 Å². The number of carbonyl (C=O) groups is 1. The third kappa shape index (κ3) is 2.14. The standard InChI is InChI=1S/C15H14FNO2/c16-12-6-2-1-5-11(12)13-7-3-9-17(13)15(18)14-8-4-10-19-14/h1-2,4-6,8,10,13H,3,7,9H2/t13-/m1/s1. The summed E-state index contributed by atoms with van der Waals surface area (Å²) >= 11 is 0. The van der Waals surface area contributed by atoms with Crippen molar-refractivity contribution in [2.45, 2.75) is 18.9 Å². The molecule has 0 spiro atoms. The SMILES string of the molecule is O=C(c1ccco1)N1CCC[C@@H]1c1ccccc1F. The Labute approximate surface area is 110 Å². The van der Waals surface area contributed by atoms with Crippen LogP contribution in [0, 0.1) is 5.82 Å². The molecule has 0 bridgehead atoms. The fraction of sp³-hybridized carbons (Fsp3) is 0.267. The van der Waals surface area contributed by atoms with Crippen molar-refractivity contribution in [3.8, 4) is 0 Å². The van der Waals surface area contributed by atoms with E-state index in [0.29, 0.717) is 17.9 Å². The van der Waals surface area contributed by atoms with Gasteiger partial charge in [-0.25, -0.2) is 4.39 Å². The number of halogens is 1. The lowest BCUT2D eigenvalue weighted by Crippen LogP contribution is -2.30. The Kier molecular flexibility index (Phi) is 3.07. The number of likely N-dealkylation sites (tertiary alicyclic amines) is 1. The highest BCUT2D eigenvalue weighted by Crippen LogP contribution is 2.34. The lowest BCUT2D eigenvalue weighted by molar-refractivity contribution is 0.0701. The van der Waals surface area contributed by atoms with Gasteiger partial charge < -0.3 is 9.32 Å². The molecule has 0 aliphatic carbocycles. The van der Waals surface area contributed by atoms with Crippen molar-refractivity contribution in [1.29, 1.82) is 0 Å². The third-order valence-corrected chi connectivity index (χ3v) is 3.51. The van der Waals surface area contributed by atoms with Crippen molar-refractivity contribution < 1.29 is 13.6 Å². The highest BCUT2D eigenvalue weighted by atomic mass is 19.1. The van der Waals surface area contributed by atoms with Crippen LogP contribution in [-0.4, -0.2) is 17.4 Å². The van der Waals surface area contributed by atoms with Gasteiger partial charge in [0.05, 0.1) is 12.3 Å². The van der Waals surface area contributed by atoms with Gasteiger partial charge in [-0.1, -0.05) is 18.2 Å². The Balaban J connectivity index is 1.90. The first-order valence-corrected chi connectivity index (χ1v) is 6.36. The van der Waals surface area contributed by atoms with Crippen molar-refractivity contribution >= 4 is 5.91 Å². The Morgan fingerprint density at radius 1 is 1.26 bits per heavy atom. The molecule has 1 atom stereocenters. The minimum absolute atomic E-state index is 0.171. The third-order valence-electron chi connectivity index (χ3n) is 3.51.